The summed E-state index contributed by atoms with van der Waals surface area (Å²) in [6.45, 7) is 9.86. The molecule has 3 aliphatic rings. The van der Waals surface area contributed by atoms with Crippen molar-refractivity contribution in [3.8, 4) is 0 Å². The lowest BCUT2D eigenvalue weighted by molar-refractivity contribution is 0.000634. The van der Waals surface area contributed by atoms with E-state index in [4.69, 9.17) is 0 Å². The second kappa shape index (κ2) is 3.98. The number of aliphatic hydroxyl groups is 1. The molecule has 0 amide bonds. The van der Waals surface area contributed by atoms with Crippen molar-refractivity contribution >= 4 is 0 Å². The van der Waals surface area contributed by atoms with Crippen molar-refractivity contribution in [2.75, 3.05) is 0 Å². The highest BCUT2D eigenvalue weighted by molar-refractivity contribution is 5.11. The van der Waals surface area contributed by atoms with Crippen molar-refractivity contribution in [1.29, 1.82) is 0 Å². The number of hydrogen-bond acceptors (Lipinski definition) is 1. The van der Waals surface area contributed by atoms with Crippen LogP contribution in [-0.4, -0.2) is 11.2 Å². The Morgan fingerprint density at radius 2 is 1.72 bits per heavy atom. The van der Waals surface area contributed by atoms with Gasteiger partial charge in [-0.15, -0.1) is 0 Å². The van der Waals surface area contributed by atoms with E-state index in [1.807, 2.05) is 0 Å². The van der Waals surface area contributed by atoms with Gasteiger partial charge in [0.05, 0.1) is 6.10 Å². The van der Waals surface area contributed by atoms with Crippen LogP contribution in [0.5, 0.6) is 0 Å². The summed E-state index contributed by atoms with van der Waals surface area (Å²) in [5.41, 5.74) is 1.13. The van der Waals surface area contributed by atoms with Gasteiger partial charge >= 0.3 is 0 Å². The van der Waals surface area contributed by atoms with Gasteiger partial charge in [0.2, 0.25) is 0 Å². The highest BCUT2D eigenvalue weighted by Gasteiger charge is 2.62. The highest BCUT2D eigenvalue weighted by atomic mass is 16.3. The Hall–Kier alpha value is -0.0400. The molecule has 0 radical (unpaired) electrons. The van der Waals surface area contributed by atoms with Gasteiger partial charge in [-0.25, -0.2) is 0 Å². The third-order valence-corrected chi connectivity index (χ3v) is 7.60. The highest BCUT2D eigenvalue weighted by Crippen LogP contribution is 2.70. The zero-order valence-electron chi connectivity index (χ0n) is 12.6. The van der Waals surface area contributed by atoms with Gasteiger partial charge in [-0.3, -0.25) is 0 Å². The first kappa shape index (κ1) is 13.0. The van der Waals surface area contributed by atoms with Crippen molar-refractivity contribution in [2.24, 2.45) is 34.5 Å². The Morgan fingerprint density at radius 1 is 1.00 bits per heavy atom. The summed E-state index contributed by atoms with van der Waals surface area (Å²) in [6, 6.07) is 0. The lowest BCUT2D eigenvalue weighted by atomic mass is 9.60. The fourth-order valence-corrected chi connectivity index (χ4v) is 5.77. The Morgan fingerprint density at radius 3 is 2.22 bits per heavy atom. The number of rotatable bonds is 1. The normalized spacial score (nSPS) is 54.8. The molecule has 0 aromatic rings. The average molecular weight is 250 g/mol. The molecule has 0 aliphatic heterocycles. The molecule has 3 rings (SSSR count). The molecule has 3 fully saturated rings. The smallest absolute Gasteiger partial charge is 0.0566 e. The van der Waals surface area contributed by atoms with E-state index in [0.717, 1.165) is 24.2 Å². The monoisotopic (exact) mass is 250 g/mol. The second-order valence-corrected chi connectivity index (χ2v) is 8.33. The van der Waals surface area contributed by atoms with Crippen molar-refractivity contribution in [3.63, 3.8) is 0 Å². The van der Waals surface area contributed by atoms with Crippen LogP contribution in [0, 0.1) is 34.5 Å². The molecule has 0 aromatic heterocycles. The molecule has 0 saturated heterocycles. The molecule has 1 heteroatoms. The van der Waals surface area contributed by atoms with Gasteiger partial charge in [0, 0.05) is 0 Å². The minimum atomic E-state index is -0.0272. The van der Waals surface area contributed by atoms with Gasteiger partial charge in [0.15, 0.2) is 0 Å². The molecule has 18 heavy (non-hydrogen) atoms. The molecule has 1 nitrogen and oxygen atoms in total. The second-order valence-electron chi connectivity index (χ2n) is 8.33. The van der Waals surface area contributed by atoms with Crippen LogP contribution in [0.15, 0.2) is 0 Å². The zero-order chi connectivity index (χ0) is 13.1. The molecular formula is C17H30O. The van der Waals surface area contributed by atoms with Gasteiger partial charge in [-0.05, 0) is 73.0 Å². The molecule has 104 valence electrons. The van der Waals surface area contributed by atoms with E-state index in [1.54, 1.807) is 0 Å². The maximum absolute atomic E-state index is 9.94. The molecule has 4 unspecified atom stereocenters. The summed E-state index contributed by atoms with van der Waals surface area (Å²) in [4.78, 5) is 0. The van der Waals surface area contributed by atoms with Crippen molar-refractivity contribution in [1.82, 2.24) is 0 Å². The number of aliphatic hydroxyl groups excluding tert-OH is 1. The van der Waals surface area contributed by atoms with Crippen molar-refractivity contribution in [2.45, 2.75) is 72.3 Å². The van der Waals surface area contributed by atoms with E-state index in [-0.39, 0.29) is 6.10 Å². The molecule has 3 aliphatic carbocycles. The Kier molecular flexibility index (Phi) is 2.86. The molecule has 0 spiro atoms. The molecule has 0 heterocycles. The van der Waals surface area contributed by atoms with Crippen LogP contribution in [0.2, 0.25) is 0 Å². The van der Waals surface area contributed by atoms with Crippen LogP contribution in [-0.2, 0) is 0 Å². The number of fused-ring (bicyclic) bond motifs is 2. The van der Waals surface area contributed by atoms with Crippen LogP contribution in [0.1, 0.15) is 66.2 Å². The minimum Gasteiger partial charge on any atom is -0.393 e. The van der Waals surface area contributed by atoms with E-state index in [0.29, 0.717) is 16.7 Å². The number of hydrogen-bond donors (Lipinski definition) is 1. The van der Waals surface area contributed by atoms with Crippen molar-refractivity contribution in [3.05, 3.63) is 0 Å². The molecule has 1 N–H and O–H groups in total. The summed E-state index contributed by atoms with van der Waals surface area (Å²) < 4.78 is 0. The molecule has 2 bridgehead atoms. The van der Waals surface area contributed by atoms with E-state index in [1.165, 1.54) is 32.1 Å². The largest absolute Gasteiger partial charge is 0.393 e. The van der Waals surface area contributed by atoms with Crippen LogP contribution in [0.25, 0.3) is 0 Å². The summed E-state index contributed by atoms with van der Waals surface area (Å²) >= 11 is 0. The van der Waals surface area contributed by atoms with Crippen LogP contribution < -0.4 is 0 Å². The van der Waals surface area contributed by atoms with Gasteiger partial charge < -0.3 is 5.11 Å². The fraction of sp³-hybridized carbons (Fsp3) is 1.00. The summed E-state index contributed by atoms with van der Waals surface area (Å²) in [7, 11) is 0. The van der Waals surface area contributed by atoms with Crippen LogP contribution in [0.4, 0.5) is 0 Å². The topological polar surface area (TPSA) is 20.2 Å². The predicted octanol–water partition coefficient (Wildman–Crippen LogP) is 4.25. The van der Waals surface area contributed by atoms with E-state index in [2.05, 4.69) is 27.7 Å². The summed E-state index contributed by atoms with van der Waals surface area (Å²) in [5.74, 6) is 3.31. The van der Waals surface area contributed by atoms with Gasteiger partial charge in [-0.2, -0.15) is 0 Å². The molecule has 0 aromatic carbocycles. The van der Waals surface area contributed by atoms with Crippen molar-refractivity contribution < 1.29 is 5.11 Å². The Bertz CT molecular complexity index is 335. The van der Waals surface area contributed by atoms with Gasteiger partial charge in [0.25, 0.3) is 0 Å². The average Bonchev–Trinajstić information content (AvgIpc) is 2.65. The van der Waals surface area contributed by atoms with E-state index in [9.17, 15) is 5.11 Å². The lowest BCUT2D eigenvalue weighted by Gasteiger charge is -2.45. The van der Waals surface area contributed by atoms with E-state index < -0.39 is 0 Å². The first-order chi connectivity index (χ1) is 8.36. The van der Waals surface area contributed by atoms with Crippen LogP contribution >= 0.6 is 0 Å². The standard InChI is InChI=1S/C17H30O/c1-11-9-12(5-6-15(11)18)14-10-13-7-8-17(14,4)16(13,2)3/h11-15,18H,5-10H2,1-4H3/t11?,12?,13-,14?,15?,17-/m1/s1. The quantitative estimate of drug-likeness (QED) is 0.738. The van der Waals surface area contributed by atoms with E-state index >= 15 is 0 Å². The first-order valence-corrected chi connectivity index (χ1v) is 8.04. The lowest BCUT2D eigenvalue weighted by Crippen LogP contribution is -2.39. The SMILES string of the molecule is CC1CC(C2C[C@H]3CC[C@@]2(C)C3(C)C)CCC1O. The third kappa shape index (κ3) is 1.55. The molecule has 3 saturated carbocycles. The third-order valence-electron chi connectivity index (χ3n) is 7.60. The van der Waals surface area contributed by atoms with Gasteiger partial charge in [0.1, 0.15) is 0 Å². The van der Waals surface area contributed by atoms with Gasteiger partial charge in [-0.1, -0.05) is 27.7 Å². The first-order valence-electron chi connectivity index (χ1n) is 8.04. The predicted molar refractivity (Wildman–Crippen MR) is 75.2 cm³/mol. The maximum Gasteiger partial charge on any atom is 0.0566 e. The summed E-state index contributed by atoms with van der Waals surface area (Å²) in [5, 5.41) is 9.94. The minimum absolute atomic E-state index is 0.0272. The Balaban J connectivity index is 1.79. The zero-order valence-corrected chi connectivity index (χ0v) is 12.6. The molecular weight excluding hydrogens is 220 g/mol. The maximum atomic E-state index is 9.94. The molecule has 6 atom stereocenters. The fourth-order valence-electron chi connectivity index (χ4n) is 5.77. The van der Waals surface area contributed by atoms with Crippen LogP contribution in [0.3, 0.4) is 0 Å². The summed E-state index contributed by atoms with van der Waals surface area (Å²) in [6.07, 6.45) is 7.94. The Labute approximate surface area is 112 Å².